The number of imidazole rings is 1. The first kappa shape index (κ1) is 14.6. The Morgan fingerprint density at radius 2 is 2.27 bits per heavy atom. The van der Waals surface area contributed by atoms with Gasteiger partial charge in [-0.1, -0.05) is 18.7 Å². The zero-order valence-corrected chi connectivity index (χ0v) is 12.8. The fourth-order valence-electron chi connectivity index (χ4n) is 2.89. The third-order valence-corrected chi connectivity index (χ3v) is 4.12. The summed E-state index contributed by atoms with van der Waals surface area (Å²) in [5, 5.41) is 0. The van der Waals surface area contributed by atoms with E-state index in [0.29, 0.717) is 19.0 Å². The van der Waals surface area contributed by atoms with E-state index in [1.165, 1.54) is 5.56 Å². The van der Waals surface area contributed by atoms with Crippen molar-refractivity contribution >= 4 is 17.1 Å². The van der Waals surface area contributed by atoms with Crippen LogP contribution in [0.2, 0.25) is 0 Å². The van der Waals surface area contributed by atoms with Crippen LogP contribution in [0.5, 0.6) is 0 Å². The second-order valence-electron chi connectivity index (χ2n) is 5.77. The molecule has 0 radical (unpaired) electrons. The smallest absolute Gasteiger partial charge is 0.410 e. The minimum atomic E-state index is -0.251. The van der Waals surface area contributed by atoms with Gasteiger partial charge in [0.15, 0.2) is 0 Å². The lowest BCUT2D eigenvalue weighted by atomic mass is 9.96. The van der Waals surface area contributed by atoms with Crippen molar-refractivity contribution in [1.29, 1.82) is 0 Å². The molecule has 1 aliphatic rings. The molecule has 2 aromatic rings. The molecule has 1 fully saturated rings. The van der Waals surface area contributed by atoms with Gasteiger partial charge in [0.1, 0.15) is 12.4 Å². The number of aromatic nitrogens is 2. The van der Waals surface area contributed by atoms with Crippen LogP contribution in [0, 0.1) is 6.92 Å². The van der Waals surface area contributed by atoms with Gasteiger partial charge >= 0.3 is 6.09 Å². The monoisotopic (exact) mass is 299 g/mol. The molecule has 5 heteroatoms. The topological polar surface area (TPSA) is 58.2 Å². The van der Waals surface area contributed by atoms with Gasteiger partial charge in [0.2, 0.25) is 0 Å². The highest BCUT2D eigenvalue weighted by molar-refractivity contribution is 5.76. The van der Waals surface area contributed by atoms with Crippen molar-refractivity contribution in [3.8, 4) is 0 Å². The Morgan fingerprint density at radius 3 is 3.00 bits per heavy atom. The van der Waals surface area contributed by atoms with E-state index in [-0.39, 0.29) is 12.7 Å². The molecule has 1 saturated heterocycles. The molecule has 0 atom stereocenters. The number of likely N-dealkylation sites (tertiary alicyclic amines) is 1. The van der Waals surface area contributed by atoms with Gasteiger partial charge in [-0.2, -0.15) is 0 Å². The van der Waals surface area contributed by atoms with Crippen LogP contribution in [0.4, 0.5) is 4.79 Å². The van der Waals surface area contributed by atoms with E-state index in [1.807, 2.05) is 6.07 Å². The van der Waals surface area contributed by atoms with Gasteiger partial charge in [-0.05, 0) is 37.5 Å². The number of fused-ring (bicyclic) bond motifs is 1. The number of ether oxygens (including phenoxy) is 1. The first-order chi connectivity index (χ1) is 10.7. The quantitative estimate of drug-likeness (QED) is 0.884. The molecule has 0 saturated carbocycles. The Kier molecular flexibility index (Phi) is 4.13. The number of nitrogens with zero attached hydrogens (tertiary/aromatic N) is 2. The van der Waals surface area contributed by atoms with Crippen molar-refractivity contribution in [2.24, 2.45) is 0 Å². The SMILES string of the molecule is C=CCOC(=O)N1CCC(c2nc3ccc(C)cc3[nH]2)CC1. The number of amides is 1. The molecule has 0 spiro atoms. The van der Waals surface area contributed by atoms with Crippen LogP contribution in [-0.2, 0) is 4.74 Å². The van der Waals surface area contributed by atoms with Crippen LogP contribution in [0.3, 0.4) is 0 Å². The number of piperidine rings is 1. The van der Waals surface area contributed by atoms with Crippen LogP contribution in [0.25, 0.3) is 11.0 Å². The first-order valence-corrected chi connectivity index (χ1v) is 7.66. The van der Waals surface area contributed by atoms with Gasteiger partial charge in [0.05, 0.1) is 11.0 Å². The predicted octanol–water partition coefficient (Wildman–Crippen LogP) is 3.37. The minimum Gasteiger partial charge on any atom is -0.445 e. The maximum absolute atomic E-state index is 11.8. The summed E-state index contributed by atoms with van der Waals surface area (Å²) < 4.78 is 5.08. The lowest BCUT2D eigenvalue weighted by molar-refractivity contribution is 0.101. The van der Waals surface area contributed by atoms with Gasteiger partial charge in [-0.3, -0.25) is 0 Å². The number of hydrogen-bond donors (Lipinski definition) is 1. The Labute approximate surface area is 130 Å². The van der Waals surface area contributed by atoms with Crippen molar-refractivity contribution in [3.63, 3.8) is 0 Å². The van der Waals surface area contributed by atoms with E-state index >= 15 is 0 Å². The molecule has 22 heavy (non-hydrogen) atoms. The lowest BCUT2D eigenvalue weighted by Gasteiger charge is -2.30. The number of aryl methyl sites for hydroxylation is 1. The molecule has 0 unspecified atom stereocenters. The summed E-state index contributed by atoms with van der Waals surface area (Å²) in [6, 6.07) is 6.24. The molecule has 1 aliphatic heterocycles. The van der Waals surface area contributed by atoms with Crippen molar-refractivity contribution in [1.82, 2.24) is 14.9 Å². The van der Waals surface area contributed by atoms with Crippen molar-refractivity contribution in [2.45, 2.75) is 25.7 Å². The molecular weight excluding hydrogens is 278 g/mol. The summed E-state index contributed by atoms with van der Waals surface area (Å²) >= 11 is 0. The Balaban J connectivity index is 1.65. The highest BCUT2D eigenvalue weighted by Gasteiger charge is 2.26. The third-order valence-electron chi connectivity index (χ3n) is 4.12. The summed E-state index contributed by atoms with van der Waals surface area (Å²) in [6.07, 6.45) is 3.14. The second kappa shape index (κ2) is 6.22. The molecule has 0 aliphatic carbocycles. The fraction of sp³-hybridized carbons (Fsp3) is 0.412. The van der Waals surface area contributed by atoms with E-state index < -0.39 is 0 Å². The zero-order valence-electron chi connectivity index (χ0n) is 12.8. The molecular formula is C17H21N3O2. The van der Waals surface area contributed by atoms with E-state index in [9.17, 15) is 4.79 Å². The van der Waals surface area contributed by atoms with E-state index in [4.69, 9.17) is 9.72 Å². The zero-order chi connectivity index (χ0) is 15.5. The summed E-state index contributed by atoms with van der Waals surface area (Å²) in [4.78, 5) is 21.7. The van der Waals surface area contributed by atoms with Crippen LogP contribution in [0.1, 0.15) is 30.1 Å². The molecule has 1 aromatic heterocycles. The largest absolute Gasteiger partial charge is 0.445 e. The van der Waals surface area contributed by atoms with E-state index in [2.05, 4.69) is 30.6 Å². The number of carbonyl (C=O) groups excluding carboxylic acids is 1. The average molecular weight is 299 g/mol. The van der Waals surface area contributed by atoms with Crippen LogP contribution in [-0.4, -0.2) is 40.7 Å². The Morgan fingerprint density at radius 1 is 1.50 bits per heavy atom. The van der Waals surface area contributed by atoms with Gasteiger partial charge in [-0.25, -0.2) is 9.78 Å². The van der Waals surface area contributed by atoms with Crippen molar-refractivity contribution in [3.05, 3.63) is 42.2 Å². The molecule has 5 nitrogen and oxygen atoms in total. The summed E-state index contributed by atoms with van der Waals surface area (Å²) in [5.41, 5.74) is 3.32. The van der Waals surface area contributed by atoms with Gasteiger partial charge in [-0.15, -0.1) is 0 Å². The van der Waals surface area contributed by atoms with E-state index in [0.717, 1.165) is 29.7 Å². The number of hydrogen-bond acceptors (Lipinski definition) is 3. The molecule has 2 heterocycles. The highest BCUT2D eigenvalue weighted by Crippen LogP contribution is 2.28. The molecule has 3 rings (SSSR count). The fourth-order valence-corrected chi connectivity index (χ4v) is 2.89. The van der Waals surface area contributed by atoms with Crippen LogP contribution >= 0.6 is 0 Å². The maximum Gasteiger partial charge on any atom is 0.410 e. The molecule has 0 bridgehead atoms. The van der Waals surface area contributed by atoms with Crippen molar-refractivity contribution < 1.29 is 9.53 Å². The minimum absolute atomic E-state index is 0.251. The van der Waals surface area contributed by atoms with Gasteiger partial charge in [0, 0.05) is 19.0 Å². The molecule has 116 valence electrons. The summed E-state index contributed by atoms with van der Waals surface area (Å²) in [5.74, 6) is 1.40. The average Bonchev–Trinajstić information content (AvgIpc) is 2.95. The predicted molar refractivity (Wildman–Crippen MR) is 85.9 cm³/mol. The number of rotatable bonds is 3. The molecule has 1 aromatic carbocycles. The second-order valence-corrected chi connectivity index (χ2v) is 5.77. The number of H-pyrrole nitrogens is 1. The molecule has 1 N–H and O–H groups in total. The number of nitrogens with one attached hydrogen (secondary N) is 1. The van der Waals surface area contributed by atoms with Gasteiger partial charge in [0.25, 0.3) is 0 Å². The number of aromatic amines is 1. The van der Waals surface area contributed by atoms with Crippen molar-refractivity contribution in [2.75, 3.05) is 19.7 Å². The third kappa shape index (κ3) is 2.98. The van der Waals surface area contributed by atoms with Crippen LogP contribution < -0.4 is 0 Å². The number of benzene rings is 1. The number of carbonyl (C=O) groups is 1. The highest BCUT2D eigenvalue weighted by atomic mass is 16.6. The Hall–Kier alpha value is -2.30. The summed E-state index contributed by atoms with van der Waals surface area (Å²) in [6.45, 7) is 7.30. The van der Waals surface area contributed by atoms with Crippen LogP contribution in [0.15, 0.2) is 30.9 Å². The molecule has 1 amide bonds. The Bertz CT molecular complexity index is 684. The van der Waals surface area contributed by atoms with E-state index in [1.54, 1.807) is 11.0 Å². The standard InChI is InChI=1S/C17H21N3O2/c1-3-10-22-17(21)20-8-6-13(7-9-20)16-18-14-5-4-12(2)11-15(14)19-16/h3-5,11,13H,1,6-10H2,2H3,(H,18,19). The first-order valence-electron chi connectivity index (χ1n) is 7.66. The maximum atomic E-state index is 11.8. The summed E-state index contributed by atoms with van der Waals surface area (Å²) in [7, 11) is 0. The lowest BCUT2D eigenvalue weighted by Crippen LogP contribution is -2.38. The normalized spacial score (nSPS) is 16.0. The van der Waals surface area contributed by atoms with Gasteiger partial charge < -0.3 is 14.6 Å².